The number of hydrogen-bond acceptors (Lipinski definition) is 2. The van der Waals surface area contributed by atoms with Crippen LogP contribution in [0.25, 0.3) is 11.1 Å². The van der Waals surface area contributed by atoms with Gasteiger partial charge in [0.05, 0.1) is 0 Å². The van der Waals surface area contributed by atoms with Crippen molar-refractivity contribution in [2.45, 2.75) is 13.8 Å². The quantitative estimate of drug-likeness (QED) is 0.659. The summed E-state index contributed by atoms with van der Waals surface area (Å²) in [6.07, 6.45) is 0. The molecular formula is C21H19F2NO. The lowest BCUT2D eigenvalue weighted by Gasteiger charge is -2.25. The summed E-state index contributed by atoms with van der Waals surface area (Å²) >= 11 is 0. The third-order valence-corrected chi connectivity index (χ3v) is 4.49. The number of aryl methyl sites for hydroxylation is 1. The summed E-state index contributed by atoms with van der Waals surface area (Å²) in [6, 6.07) is 15.8. The van der Waals surface area contributed by atoms with E-state index in [9.17, 15) is 13.9 Å². The molecule has 4 heteroatoms. The average molecular weight is 339 g/mol. The minimum Gasteiger partial charge on any atom is -0.505 e. The van der Waals surface area contributed by atoms with Crippen LogP contribution >= 0.6 is 0 Å². The molecule has 128 valence electrons. The zero-order valence-electron chi connectivity index (χ0n) is 14.3. The molecule has 0 spiro atoms. The van der Waals surface area contributed by atoms with Crippen LogP contribution in [0.2, 0.25) is 0 Å². The first-order chi connectivity index (χ1) is 11.9. The van der Waals surface area contributed by atoms with Gasteiger partial charge in [-0.25, -0.2) is 8.78 Å². The second kappa shape index (κ2) is 6.55. The molecule has 0 aromatic heterocycles. The summed E-state index contributed by atoms with van der Waals surface area (Å²) in [5, 5.41) is 9.61. The smallest absolute Gasteiger partial charge is 0.191 e. The van der Waals surface area contributed by atoms with Crippen LogP contribution in [0.4, 0.5) is 20.2 Å². The molecule has 0 fully saturated rings. The minimum absolute atomic E-state index is 0.271. The van der Waals surface area contributed by atoms with E-state index in [0.29, 0.717) is 5.69 Å². The van der Waals surface area contributed by atoms with E-state index in [1.807, 2.05) is 50.2 Å². The summed E-state index contributed by atoms with van der Waals surface area (Å²) in [5.41, 5.74) is 4.34. The maximum absolute atomic E-state index is 14.3. The first-order valence-corrected chi connectivity index (χ1v) is 7.97. The highest BCUT2D eigenvalue weighted by Gasteiger charge is 2.20. The van der Waals surface area contributed by atoms with Gasteiger partial charge >= 0.3 is 0 Å². The Morgan fingerprint density at radius 2 is 1.56 bits per heavy atom. The molecule has 0 unspecified atom stereocenters. The highest BCUT2D eigenvalue weighted by atomic mass is 19.1. The van der Waals surface area contributed by atoms with Crippen molar-refractivity contribution in [3.05, 3.63) is 77.4 Å². The van der Waals surface area contributed by atoms with E-state index in [4.69, 9.17) is 0 Å². The molecule has 3 aromatic rings. The number of nitrogens with zero attached hydrogens (tertiary/aromatic N) is 1. The van der Waals surface area contributed by atoms with Crippen molar-refractivity contribution in [2.75, 3.05) is 11.9 Å². The number of hydrogen-bond donors (Lipinski definition) is 1. The topological polar surface area (TPSA) is 23.5 Å². The molecule has 0 amide bonds. The first-order valence-electron chi connectivity index (χ1n) is 7.97. The van der Waals surface area contributed by atoms with E-state index in [1.54, 1.807) is 7.05 Å². The lowest BCUT2D eigenvalue weighted by Crippen LogP contribution is -2.15. The van der Waals surface area contributed by atoms with Crippen LogP contribution in [0.1, 0.15) is 11.1 Å². The van der Waals surface area contributed by atoms with E-state index in [-0.39, 0.29) is 5.69 Å². The molecular weight excluding hydrogens is 320 g/mol. The number of benzene rings is 3. The number of phenolic OH excluding ortho intramolecular Hbond substituents is 1. The van der Waals surface area contributed by atoms with Crippen molar-refractivity contribution in [3.8, 4) is 16.9 Å². The Hall–Kier alpha value is -2.88. The van der Waals surface area contributed by atoms with Gasteiger partial charge < -0.3 is 10.0 Å². The number of phenols is 1. The average Bonchev–Trinajstić information content (AvgIpc) is 2.61. The molecule has 25 heavy (non-hydrogen) atoms. The standard InChI is InChI=1S/C21H19F2NO/c1-13-11-16(15-7-5-4-6-8-15)12-18(14(13)2)24(3)21-17(22)9-10-19(25)20(21)23/h4-12,25H,1-3H3. The van der Waals surface area contributed by atoms with Gasteiger partial charge in [-0.1, -0.05) is 36.4 Å². The summed E-state index contributed by atoms with van der Waals surface area (Å²) < 4.78 is 28.6. The van der Waals surface area contributed by atoms with E-state index in [0.717, 1.165) is 34.4 Å². The van der Waals surface area contributed by atoms with Crippen molar-refractivity contribution in [1.82, 2.24) is 0 Å². The number of aromatic hydroxyl groups is 1. The van der Waals surface area contributed by atoms with Gasteiger partial charge in [0.15, 0.2) is 11.6 Å². The SMILES string of the molecule is Cc1cc(-c2ccccc2)cc(N(C)c2c(F)ccc(O)c2F)c1C. The van der Waals surface area contributed by atoms with Crippen molar-refractivity contribution in [1.29, 1.82) is 0 Å². The van der Waals surface area contributed by atoms with Gasteiger partial charge in [0, 0.05) is 12.7 Å². The van der Waals surface area contributed by atoms with Crippen LogP contribution in [0.3, 0.4) is 0 Å². The second-order valence-electron chi connectivity index (χ2n) is 6.09. The van der Waals surface area contributed by atoms with Crippen molar-refractivity contribution >= 4 is 11.4 Å². The Bertz CT molecular complexity index is 923. The highest BCUT2D eigenvalue weighted by Crippen LogP contribution is 2.37. The molecule has 2 nitrogen and oxygen atoms in total. The van der Waals surface area contributed by atoms with Crippen LogP contribution in [0, 0.1) is 25.5 Å². The third kappa shape index (κ3) is 3.07. The normalized spacial score (nSPS) is 10.8. The summed E-state index contributed by atoms with van der Waals surface area (Å²) in [5.74, 6) is -2.26. The Labute approximate surface area is 146 Å². The molecule has 0 bridgehead atoms. The van der Waals surface area contributed by atoms with Gasteiger partial charge in [0.1, 0.15) is 11.5 Å². The Morgan fingerprint density at radius 3 is 2.24 bits per heavy atom. The van der Waals surface area contributed by atoms with E-state index >= 15 is 0 Å². The summed E-state index contributed by atoms with van der Waals surface area (Å²) in [4.78, 5) is 1.44. The highest BCUT2D eigenvalue weighted by molar-refractivity contribution is 5.76. The summed E-state index contributed by atoms with van der Waals surface area (Å²) in [7, 11) is 1.59. The van der Waals surface area contributed by atoms with Gasteiger partial charge in [-0.2, -0.15) is 0 Å². The number of anilines is 2. The van der Waals surface area contributed by atoms with E-state index in [1.165, 1.54) is 4.90 Å². The van der Waals surface area contributed by atoms with E-state index in [2.05, 4.69) is 6.07 Å². The summed E-state index contributed by atoms with van der Waals surface area (Å²) in [6.45, 7) is 3.88. The maximum Gasteiger partial charge on any atom is 0.191 e. The van der Waals surface area contributed by atoms with Gasteiger partial charge in [-0.05, 0) is 54.3 Å². The van der Waals surface area contributed by atoms with Gasteiger partial charge in [-0.15, -0.1) is 0 Å². The van der Waals surface area contributed by atoms with Crippen molar-refractivity contribution in [2.24, 2.45) is 0 Å². The minimum atomic E-state index is -0.968. The van der Waals surface area contributed by atoms with Crippen LogP contribution in [0.15, 0.2) is 54.6 Å². The predicted molar refractivity (Wildman–Crippen MR) is 97.4 cm³/mol. The van der Waals surface area contributed by atoms with E-state index < -0.39 is 17.4 Å². The number of rotatable bonds is 3. The van der Waals surface area contributed by atoms with Crippen LogP contribution in [-0.4, -0.2) is 12.2 Å². The van der Waals surface area contributed by atoms with Crippen LogP contribution < -0.4 is 4.90 Å². The molecule has 1 N–H and O–H groups in total. The fraction of sp³-hybridized carbons (Fsp3) is 0.143. The first kappa shape index (κ1) is 17.0. The lowest BCUT2D eigenvalue weighted by molar-refractivity contribution is 0.429. The van der Waals surface area contributed by atoms with Crippen LogP contribution in [-0.2, 0) is 0 Å². The third-order valence-electron chi connectivity index (χ3n) is 4.49. The molecule has 0 radical (unpaired) electrons. The van der Waals surface area contributed by atoms with Crippen molar-refractivity contribution < 1.29 is 13.9 Å². The Kier molecular flexibility index (Phi) is 4.45. The van der Waals surface area contributed by atoms with Gasteiger partial charge in [0.25, 0.3) is 0 Å². The number of halogens is 2. The maximum atomic E-state index is 14.3. The molecule has 0 aliphatic heterocycles. The zero-order chi connectivity index (χ0) is 18.1. The van der Waals surface area contributed by atoms with Crippen LogP contribution in [0.5, 0.6) is 5.75 Å². The molecule has 3 aromatic carbocycles. The lowest BCUT2D eigenvalue weighted by atomic mass is 9.98. The molecule has 0 atom stereocenters. The second-order valence-corrected chi connectivity index (χ2v) is 6.09. The Balaban J connectivity index is 2.17. The molecule has 0 saturated carbocycles. The van der Waals surface area contributed by atoms with Gasteiger partial charge in [0.2, 0.25) is 0 Å². The zero-order valence-corrected chi connectivity index (χ0v) is 14.3. The Morgan fingerprint density at radius 1 is 0.880 bits per heavy atom. The fourth-order valence-corrected chi connectivity index (χ4v) is 2.94. The fourth-order valence-electron chi connectivity index (χ4n) is 2.94. The molecule has 0 aliphatic carbocycles. The largest absolute Gasteiger partial charge is 0.505 e. The monoisotopic (exact) mass is 339 g/mol. The molecule has 0 aliphatic rings. The predicted octanol–water partition coefficient (Wildman–Crippen LogP) is 5.72. The van der Waals surface area contributed by atoms with Gasteiger partial charge in [-0.3, -0.25) is 0 Å². The molecule has 0 saturated heterocycles. The molecule has 3 rings (SSSR count). The molecule has 0 heterocycles. The van der Waals surface area contributed by atoms with Crippen molar-refractivity contribution in [3.63, 3.8) is 0 Å².